The van der Waals surface area contributed by atoms with Gasteiger partial charge >= 0.3 is 6.03 Å². The number of nitrogens with one attached hydrogen (secondary N) is 1. The fraction of sp³-hybridized carbons (Fsp3) is 0.500. The van der Waals surface area contributed by atoms with E-state index in [0.29, 0.717) is 24.3 Å². The van der Waals surface area contributed by atoms with Gasteiger partial charge in [-0.05, 0) is 19.3 Å². The summed E-state index contributed by atoms with van der Waals surface area (Å²) in [5.41, 5.74) is 0.946. The van der Waals surface area contributed by atoms with Gasteiger partial charge in [-0.2, -0.15) is 4.98 Å². The van der Waals surface area contributed by atoms with Gasteiger partial charge in [0.1, 0.15) is 0 Å². The Hall–Kier alpha value is -2.37. The number of hydrogen-bond donors (Lipinski definition) is 1. The molecule has 0 radical (unpaired) electrons. The maximum atomic E-state index is 12.4. The molecule has 2 fully saturated rings. The number of rotatable bonds is 3. The topological polar surface area (TPSA) is 71.3 Å². The van der Waals surface area contributed by atoms with Crippen molar-refractivity contribution in [2.75, 3.05) is 13.1 Å². The molecule has 1 unspecified atom stereocenters. The first-order valence-electron chi connectivity index (χ1n) is 8.74. The van der Waals surface area contributed by atoms with E-state index >= 15 is 0 Å². The van der Waals surface area contributed by atoms with Gasteiger partial charge in [0.25, 0.3) is 0 Å². The molecule has 4 rings (SSSR count). The summed E-state index contributed by atoms with van der Waals surface area (Å²) >= 11 is 0. The third-order valence-corrected chi connectivity index (χ3v) is 4.98. The second-order valence-corrected chi connectivity index (χ2v) is 6.68. The monoisotopic (exact) mass is 326 g/mol. The Morgan fingerprint density at radius 2 is 1.96 bits per heavy atom. The molecule has 6 heteroatoms. The average molecular weight is 326 g/mol. The third kappa shape index (κ3) is 3.13. The zero-order valence-corrected chi connectivity index (χ0v) is 13.6. The lowest BCUT2D eigenvalue weighted by Crippen LogP contribution is -2.42. The molecule has 1 aliphatic carbocycles. The van der Waals surface area contributed by atoms with Gasteiger partial charge in [-0.25, -0.2) is 4.79 Å². The molecule has 1 aromatic carbocycles. The summed E-state index contributed by atoms with van der Waals surface area (Å²) in [6.07, 6.45) is 5.52. The molecule has 1 N–H and O–H groups in total. The van der Waals surface area contributed by atoms with Gasteiger partial charge in [0.2, 0.25) is 11.7 Å². The van der Waals surface area contributed by atoms with Crippen molar-refractivity contribution in [3.8, 4) is 11.4 Å². The van der Waals surface area contributed by atoms with E-state index < -0.39 is 0 Å². The van der Waals surface area contributed by atoms with Gasteiger partial charge in [0, 0.05) is 24.7 Å². The van der Waals surface area contributed by atoms with Crippen molar-refractivity contribution in [3.63, 3.8) is 0 Å². The minimum atomic E-state index is 0.0483. The molecule has 0 bridgehead atoms. The predicted molar refractivity (Wildman–Crippen MR) is 89.5 cm³/mol. The van der Waals surface area contributed by atoms with Crippen LogP contribution in [0.25, 0.3) is 11.4 Å². The van der Waals surface area contributed by atoms with Crippen LogP contribution in [-0.4, -0.2) is 40.2 Å². The summed E-state index contributed by atoms with van der Waals surface area (Å²) in [6, 6.07) is 10.2. The molecular formula is C18H22N4O2. The van der Waals surface area contributed by atoms with Crippen molar-refractivity contribution in [1.82, 2.24) is 20.4 Å². The SMILES string of the molecule is O=C(NC1CCCC1)N1CCC(c2nc(-c3ccccc3)no2)C1. The highest BCUT2D eigenvalue weighted by Gasteiger charge is 2.32. The Bertz CT molecular complexity index is 694. The lowest BCUT2D eigenvalue weighted by Gasteiger charge is -2.20. The molecule has 126 valence electrons. The van der Waals surface area contributed by atoms with Crippen LogP contribution in [0.1, 0.15) is 43.9 Å². The molecular weight excluding hydrogens is 304 g/mol. The predicted octanol–water partition coefficient (Wildman–Crippen LogP) is 3.18. The molecule has 2 heterocycles. The van der Waals surface area contributed by atoms with Crippen molar-refractivity contribution >= 4 is 6.03 Å². The molecule has 1 atom stereocenters. The molecule has 2 aromatic rings. The normalized spacial score (nSPS) is 21.3. The summed E-state index contributed by atoms with van der Waals surface area (Å²) in [6.45, 7) is 1.39. The van der Waals surface area contributed by atoms with E-state index in [9.17, 15) is 4.79 Å². The quantitative estimate of drug-likeness (QED) is 0.940. The molecule has 1 saturated heterocycles. The van der Waals surface area contributed by atoms with Crippen LogP contribution >= 0.6 is 0 Å². The maximum absolute atomic E-state index is 12.4. The first kappa shape index (κ1) is 15.2. The molecule has 2 aliphatic rings. The van der Waals surface area contributed by atoms with Crippen LogP contribution in [0.15, 0.2) is 34.9 Å². The number of urea groups is 1. The highest BCUT2D eigenvalue weighted by atomic mass is 16.5. The molecule has 6 nitrogen and oxygen atoms in total. The molecule has 1 aromatic heterocycles. The molecule has 1 saturated carbocycles. The van der Waals surface area contributed by atoms with Gasteiger partial charge in [0.15, 0.2) is 0 Å². The maximum Gasteiger partial charge on any atom is 0.317 e. The van der Waals surface area contributed by atoms with E-state index in [1.165, 1.54) is 12.8 Å². The Balaban J connectivity index is 1.38. The lowest BCUT2D eigenvalue weighted by molar-refractivity contribution is 0.203. The van der Waals surface area contributed by atoms with Gasteiger partial charge < -0.3 is 14.7 Å². The standard InChI is InChI=1S/C18H22N4O2/c23-18(19-15-8-4-5-9-15)22-11-10-14(12-22)17-20-16(21-24-17)13-6-2-1-3-7-13/h1-3,6-7,14-15H,4-5,8-12H2,(H,19,23). The molecule has 0 spiro atoms. The van der Waals surface area contributed by atoms with Gasteiger partial charge in [-0.3, -0.25) is 0 Å². The zero-order valence-electron chi connectivity index (χ0n) is 13.6. The molecule has 24 heavy (non-hydrogen) atoms. The largest absolute Gasteiger partial charge is 0.339 e. The van der Waals surface area contributed by atoms with Crippen molar-refractivity contribution in [3.05, 3.63) is 36.2 Å². The van der Waals surface area contributed by atoms with Crippen LogP contribution in [0.3, 0.4) is 0 Å². The summed E-state index contributed by atoms with van der Waals surface area (Å²) in [5.74, 6) is 1.37. The summed E-state index contributed by atoms with van der Waals surface area (Å²) < 4.78 is 5.45. The summed E-state index contributed by atoms with van der Waals surface area (Å²) in [4.78, 5) is 18.7. The minimum absolute atomic E-state index is 0.0483. The number of nitrogens with zero attached hydrogens (tertiary/aromatic N) is 3. The highest BCUT2D eigenvalue weighted by Crippen LogP contribution is 2.28. The number of likely N-dealkylation sites (tertiary alicyclic amines) is 1. The van der Waals surface area contributed by atoms with Gasteiger partial charge in [-0.1, -0.05) is 48.3 Å². The van der Waals surface area contributed by atoms with Gasteiger partial charge in [-0.15, -0.1) is 0 Å². The fourth-order valence-electron chi connectivity index (χ4n) is 3.59. The Kier molecular flexibility index (Phi) is 4.19. The zero-order chi connectivity index (χ0) is 16.4. The van der Waals surface area contributed by atoms with Gasteiger partial charge in [0.05, 0.1) is 5.92 Å². The van der Waals surface area contributed by atoms with Crippen LogP contribution in [0.4, 0.5) is 4.79 Å². The highest BCUT2D eigenvalue weighted by molar-refractivity contribution is 5.75. The number of aromatic nitrogens is 2. The van der Waals surface area contributed by atoms with E-state index in [2.05, 4.69) is 15.5 Å². The Morgan fingerprint density at radius 3 is 2.75 bits per heavy atom. The van der Waals surface area contributed by atoms with Crippen LogP contribution in [0.5, 0.6) is 0 Å². The van der Waals surface area contributed by atoms with Crippen LogP contribution in [-0.2, 0) is 0 Å². The second-order valence-electron chi connectivity index (χ2n) is 6.68. The Morgan fingerprint density at radius 1 is 1.17 bits per heavy atom. The number of carbonyl (C=O) groups excluding carboxylic acids is 1. The van der Waals surface area contributed by atoms with E-state index in [1.54, 1.807) is 0 Å². The second kappa shape index (κ2) is 6.63. The number of amides is 2. The lowest BCUT2D eigenvalue weighted by atomic mass is 10.1. The van der Waals surface area contributed by atoms with Crippen molar-refractivity contribution in [2.24, 2.45) is 0 Å². The Labute approximate surface area is 141 Å². The smallest absolute Gasteiger partial charge is 0.317 e. The molecule has 2 amide bonds. The number of benzene rings is 1. The van der Waals surface area contributed by atoms with Crippen molar-refractivity contribution in [2.45, 2.75) is 44.1 Å². The van der Waals surface area contributed by atoms with E-state index in [0.717, 1.165) is 31.4 Å². The third-order valence-electron chi connectivity index (χ3n) is 4.98. The van der Waals surface area contributed by atoms with E-state index in [1.807, 2.05) is 35.2 Å². The van der Waals surface area contributed by atoms with E-state index in [-0.39, 0.29) is 11.9 Å². The van der Waals surface area contributed by atoms with Crippen LogP contribution < -0.4 is 5.32 Å². The number of carbonyl (C=O) groups is 1. The van der Waals surface area contributed by atoms with Crippen molar-refractivity contribution < 1.29 is 9.32 Å². The van der Waals surface area contributed by atoms with Crippen molar-refractivity contribution in [1.29, 1.82) is 0 Å². The molecule has 1 aliphatic heterocycles. The average Bonchev–Trinajstić information content (AvgIpc) is 3.36. The number of hydrogen-bond acceptors (Lipinski definition) is 4. The summed E-state index contributed by atoms with van der Waals surface area (Å²) in [5, 5.41) is 7.22. The summed E-state index contributed by atoms with van der Waals surface area (Å²) in [7, 11) is 0. The first-order valence-corrected chi connectivity index (χ1v) is 8.74. The fourth-order valence-corrected chi connectivity index (χ4v) is 3.59. The van der Waals surface area contributed by atoms with E-state index in [4.69, 9.17) is 4.52 Å². The first-order chi connectivity index (χ1) is 11.8. The minimum Gasteiger partial charge on any atom is -0.339 e. The van der Waals surface area contributed by atoms with Crippen LogP contribution in [0, 0.1) is 0 Å². The van der Waals surface area contributed by atoms with Crippen LogP contribution in [0.2, 0.25) is 0 Å².